The number of oxazole rings is 1. The Labute approximate surface area is 156 Å². The number of allylic oxidation sites excluding steroid dienone is 1. The van der Waals surface area contributed by atoms with Crippen molar-refractivity contribution in [3.8, 4) is 0 Å². The molecule has 7 nitrogen and oxygen atoms in total. The van der Waals surface area contributed by atoms with Crippen LogP contribution in [-0.2, 0) is 6.54 Å². The first-order valence-electron chi connectivity index (χ1n) is 9.54. The Morgan fingerprint density at radius 1 is 1.35 bits per heavy atom. The largest absolute Gasteiger partial charge is 0.447 e. The van der Waals surface area contributed by atoms with Crippen molar-refractivity contribution in [1.29, 1.82) is 0 Å². The van der Waals surface area contributed by atoms with Crippen LogP contribution in [0.3, 0.4) is 0 Å². The molecule has 1 unspecified atom stereocenters. The number of aliphatic hydroxyl groups is 1. The van der Waals surface area contributed by atoms with Gasteiger partial charge in [0.1, 0.15) is 6.26 Å². The molecular formula is C19H32N4O3. The number of aliphatic hydroxyl groups excluding tert-OH is 1. The number of rotatable bonds is 10. The van der Waals surface area contributed by atoms with Gasteiger partial charge in [0.2, 0.25) is 5.89 Å². The average Bonchev–Trinajstić information content (AvgIpc) is 3.11. The van der Waals surface area contributed by atoms with Crippen molar-refractivity contribution in [2.24, 2.45) is 0 Å². The second kappa shape index (κ2) is 10.4. The third kappa shape index (κ3) is 5.93. The fourth-order valence-electron chi connectivity index (χ4n) is 3.18. The Bertz CT molecular complexity index is 563. The van der Waals surface area contributed by atoms with Gasteiger partial charge in [-0.25, -0.2) is 4.98 Å². The molecule has 0 aromatic carbocycles. The topological polar surface area (TPSA) is 73.1 Å². The molecular weight excluding hydrogens is 332 g/mol. The van der Waals surface area contributed by atoms with E-state index in [9.17, 15) is 9.90 Å². The van der Waals surface area contributed by atoms with Gasteiger partial charge in [-0.3, -0.25) is 14.6 Å². The first-order valence-corrected chi connectivity index (χ1v) is 9.54. The van der Waals surface area contributed by atoms with Crippen LogP contribution in [0.5, 0.6) is 0 Å². The molecule has 2 heterocycles. The van der Waals surface area contributed by atoms with Gasteiger partial charge in [-0.2, -0.15) is 0 Å². The molecule has 0 saturated carbocycles. The minimum Gasteiger partial charge on any atom is -0.447 e. The number of β-amino-alcohol motifs (C(OH)–C–C–N with tert-alkyl or cyclic N) is 1. The van der Waals surface area contributed by atoms with Crippen LogP contribution >= 0.6 is 0 Å². The Balaban J connectivity index is 1.77. The molecule has 1 saturated heterocycles. The van der Waals surface area contributed by atoms with E-state index in [4.69, 9.17) is 4.42 Å². The van der Waals surface area contributed by atoms with Crippen LogP contribution in [0.15, 0.2) is 23.3 Å². The van der Waals surface area contributed by atoms with E-state index >= 15 is 0 Å². The summed E-state index contributed by atoms with van der Waals surface area (Å²) in [6, 6.07) is 0. The minimum atomic E-state index is -0.292. The zero-order valence-corrected chi connectivity index (χ0v) is 16.1. The number of hydrogen-bond donors (Lipinski definition) is 1. The number of aromatic nitrogens is 1. The summed E-state index contributed by atoms with van der Waals surface area (Å²) >= 11 is 0. The summed E-state index contributed by atoms with van der Waals surface area (Å²) in [6.45, 7) is 13.9. The quantitative estimate of drug-likeness (QED) is 0.636. The highest BCUT2D eigenvalue weighted by Crippen LogP contribution is 2.11. The van der Waals surface area contributed by atoms with Crippen LogP contribution in [0.25, 0.3) is 0 Å². The highest BCUT2D eigenvalue weighted by atomic mass is 16.3. The Kier molecular flexibility index (Phi) is 8.28. The number of nitrogens with zero attached hydrogens (tertiary/aromatic N) is 4. The molecule has 1 aliphatic rings. The fourth-order valence-corrected chi connectivity index (χ4v) is 3.18. The van der Waals surface area contributed by atoms with Crippen LogP contribution in [0.4, 0.5) is 0 Å². The summed E-state index contributed by atoms with van der Waals surface area (Å²) in [5.74, 6) is 0.503. The maximum Gasteiger partial charge on any atom is 0.275 e. The zero-order valence-electron chi connectivity index (χ0n) is 16.1. The van der Waals surface area contributed by atoms with E-state index in [2.05, 4.69) is 21.4 Å². The third-order valence-corrected chi connectivity index (χ3v) is 4.82. The fraction of sp³-hybridized carbons (Fsp3) is 0.684. The molecule has 0 radical (unpaired) electrons. The van der Waals surface area contributed by atoms with Gasteiger partial charge in [-0.1, -0.05) is 6.08 Å². The van der Waals surface area contributed by atoms with Crippen molar-refractivity contribution >= 4 is 5.91 Å². The zero-order chi connectivity index (χ0) is 18.9. The first kappa shape index (κ1) is 20.6. The molecule has 1 N–H and O–H groups in total. The van der Waals surface area contributed by atoms with E-state index in [1.807, 2.05) is 19.9 Å². The predicted octanol–water partition coefficient (Wildman–Crippen LogP) is 1.60. The molecule has 146 valence electrons. The summed E-state index contributed by atoms with van der Waals surface area (Å²) in [5.41, 5.74) is 0.382. The van der Waals surface area contributed by atoms with Crippen LogP contribution < -0.4 is 0 Å². The number of amides is 1. The number of piperazine rings is 1. The maximum atomic E-state index is 12.3. The highest BCUT2D eigenvalue weighted by molar-refractivity contribution is 5.91. The van der Waals surface area contributed by atoms with E-state index in [0.29, 0.717) is 37.8 Å². The van der Waals surface area contributed by atoms with Gasteiger partial charge < -0.3 is 14.4 Å². The molecule has 2 rings (SSSR count). The van der Waals surface area contributed by atoms with Crippen molar-refractivity contribution in [3.63, 3.8) is 0 Å². The maximum absolute atomic E-state index is 12.3. The van der Waals surface area contributed by atoms with Gasteiger partial charge in [0.15, 0.2) is 5.69 Å². The van der Waals surface area contributed by atoms with Crippen LogP contribution in [0.1, 0.15) is 43.1 Å². The van der Waals surface area contributed by atoms with Gasteiger partial charge >= 0.3 is 0 Å². The molecule has 1 amide bonds. The summed E-state index contributed by atoms with van der Waals surface area (Å²) in [7, 11) is 0. The molecule has 1 aromatic rings. The van der Waals surface area contributed by atoms with Crippen molar-refractivity contribution in [2.45, 2.75) is 39.3 Å². The lowest BCUT2D eigenvalue weighted by atomic mass is 10.1. The van der Waals surface area contributed by atoms with Crippen molar-refractivity contribution in [1.82, 2.24) is 19.7 Å². The van der Waals surface area contributed by atoms with Crippen LogP contribution in [0, 0.1) is 0 Å². The lowest BCUT2D eigenvalue weighted by Gasteiger charge is -2.34. The summed E-state index contributed by atoms with van der Waals surface area (Å²) in [4.78, 5) is 22.9. The third-order valence-electron chi connectivity index (χ3n) is 4.82. The van der Waals surface area contributed by atoms with Gasteiger partial charge in [0.05, 0.1) is 12.6 Å². The molecule has 0 spiro atoms. The molecule has 7 heteroatoms. The van der Waals surface area contributed by atoms with E-state index in [0.717, 1.165) is 39.0 Å². The molecule has 1 aromatic heterocycles. The molecule has 0 aliphatic carbocycles. The average molecular weight is 364 g/mol. The van der Waals surface area contributed by atoms with E-state index in [1.54, 1.807) is 4.90 Å². The summed E-state index contributed by atoms with van der Waals surface area (Å²) in [5, 5.41) is 10.0. The minimum absolute atomic E-state index is 0.0802. The molecule has 26 heavy (non-hydrogen) atoms. The predicted molar refractivity (Wildman–Crippen MR) is 101 cm³/mol. The van der Waals surface area contributed by atoms with Crippen molar-refractivity contribution < 1.29 is 14.3 Å². The second-order valence-electron chi connectivity index (χ2n) is 6.70. The molecule has 1 atom stereocenters. The first-order chi connectivity index (χ1) is 12.6. The van der Waals surface area contributed by atoms with Gasteiger partial charge in [-0.15, -0.1) is 6.58 Å². The Morgan fingerprint density at radius 2 is 2.00 bits per heavy atom. The summed E-state index contributed by atoms with van der Waals surface area (Å²) < 4.78 is 5.50. The Hall–Kier alpha value is -1.70. The number of carbonyl (C=O) groups is 1. The molecule has 1 aliphatic heterocycles. The van der Waals surface area contributed by atoms with Crippen LogP contribution in [0.2, 0.25) is 0 Å². The lowest BCUT2D eigenvalue weighted by molar-refractivity contribution is 0.0642. The highest BCUT2D eigenvalue weighted by Gasteiger charge is 2.22. The summed E-state index contributed by atoms with van der Waals surface area (Å²) in [6.07, 6.45) is 4.63. The normalized spacial score (nSPS) is 17.2. The standard InChI is InChI=1S/C19H32N4O3/c1-4-7-8-16(24)13-21-9-11-22(12-10-21)14-18-20-17(15-26-18)19(25)23(5-2)6-3/h4,15-16,24H,1,5-14H2,2-3H3. The van der Waals surface area contributed by atoms with Gasteiger partial charge in [-0.05, 0) is 26.7 Å². The molecule has 0 bridgehead atoms. The van der Waals surface area contributed by atoms with Gasteiger partial charge in [0.25, 0.3) is 5.91 Å². The smallest absolute Gasteiger partial charge is 0.275 e. The van der Waals surface area contributed by atoms with E-state index in [1.165, 1.54) is 6.26 Å². The second-order valence-corrected chi connectivity index (χ2v) is 6.70. The van der Waals surface area contributed by atoms with E-state index < -0.39 is 0 Å². The number of carbonyl (C=O) groups excluding carboxylic acids is 1. The van der Waals surface area contributed by atoms with E-state index in [-0.39, 0.29) is 12.0 Å². The monoisotopic (exact) mass is 364 g/mol. The SMILES string of the molecule is C=CCCC(O)CN1CCN(Cc2nc(C(=O)N(CC)CC)co2)CC1. The van der Waals surface area contributed by atoms with Crippen LogP contribution in [-0.4, -0.2) is 82.6 Å². The van der Waals surface area contributed by atoms with Gasteiger partial charge in [0, 0.05) is 45.8 Å². The molecule has 1 fully saturated rings. The van der Waals surface area contributed by atoms with Crippen molar-refractivity contribution in [3.05, 3.63) is 30.5 Å². The lowest BCUT2D eigenvalue weighted by Crippen LogP contribution is -2.48. The number of hydrogen-bond acceptors (Lipinski definition) is 6. The Morgan fingerprint density at radius 3 is 2.62 bits per heavy atom. The van der Waals surface area contributed by atoms with Crippen molar-refractivity contribution in [2.75, 3.05) is 45.8 Å².